The highest BCUT2D eigenvalue weighted by Crippen LogP contribution is 2.28. The van der Waals surface area contributed by atoms with Crippen LogP contribution < -0.4 is 5.32 Å². The molecule has 126 valence electrons. The SMILES string of the molecule is Cc1c([N+](=O)[O-])c([N+](=O)[O-])nn1CC(=O)NCc1ccc(F)cc1. The van der Waals surface area contributed by atoms with Crippen molar-refractivity contribution in [3.8, 4) is 0 Å². The van der Waals surface area contributed by atoms with Crippen molar-refractivity contribution in [2.75, 3.05) is 0 Å². The van der Waals surface area contributed by atoms with Crippen LogP contribution in [0.15, 0.2) is 24.3 Å². The molecule has 0 unspecified atom stereocenters. The van der Waals surface area contributed by atoms with Gasteiger partial charge in [-0.25, -0.2) is 4.39 Å². The lowest BCUT2D eigenvalue weighted by Crippen LogP contribution is -2.28. The van der Waals surface area contributed by atoms with Crippen molar-refractivity contribution in [1.29, 1.82) is 0 Å². The lowest BCUT2D eigenvalue weighted by Gasteiger charge is -2.04. The largest absolute Gasteiger partial charge is 0.468 e. The molecule has 2 aromatic rings. The molecule has 0 saturated heterocycles. The molecule has 2 rings (SSSR count). The van der Waals surface area contributed by atoms with Gasteiger partial charge >= 0.3 is 11.5 Å². The average Bonchev–Trinajstić information content (AvgIpc) is 2.84. The van der Waals surface area contributed by atoms with E-state index in [1.54, 1.807) is 0 Å². The summed E-state index contributed by atoms with van der Waals surface area (Å²) in [6, 6.07) is 5.46. The third-order valence-electron chi connectivity index (χ3n) is 3.21. The van der Waals surface area contributed by atoms with Gasteiger partial charge in [-0.05, 0) is 29.5 Å². The van der Waals surface area contributed by atoms with E-state index in [2.05, 4.69) is 10.4 Å². The molecule has 0 spiro atoms. The van der Waals surface area contributed by atoms with Crippen LogP contribution in [0.4, 0.5) is 15.9 Å². The molecule has 0 saturated carbocycles. The fourth-order valence-electron chi connectivity index (χ4n) is 2.01. The number of amides is 1. The maximum Gasteiger partial charge on any atom is 0.468 e. The van der Waals surface area contributed by atoms with Crippen molar-refractivity contribution in [3.63, 3.8) is 0 Å². The van der Waals surface area contributed by atoms with Crippen molar-refractivity contribution in [2.24, 2.45) is 0 Å². The van der Waals surface area contributed by atoms with Crippen molar-refractivity contribution < 1.29 is 19.0 Å². The summed E-state index contributed by atoms with van der Waals surface area (Å²) in [5.41, 5.74) is -0.186. The van der Waals surface area contributed by atoms with Crippen molar-refractivity contribution in [1.82, 2.24) is 15.1 Å². The van der Waals surface area contributed by atoms with Crippen LogP contribution in [0, 0.1) is 33.0 Å². The Morgan fingerprint density at radius 2 is 1.88 bits per heavy atom. The molecule has 0 bridgehead atoms. The van der Waals surface area contributed by atoms with E-state index in [0.717, 1.165) is 4.68 Å². The predicted octanol–water partition coefficient (Wildman–Crippen LogP) is 1.46. The molecule has 0 aliphatic carbocycles. The molecule has 1 aromatic heterocycles. The number of nitrogens with zero attached hydrogens (tertiary/aromatic N) is 4. The number of carbonyl (C=O) groups excluding carboxylic acids is 1. The lowest BCUT2D eigenvalue weighted by molar-refractivity contribution is -0.424. The van der Waals surface area contributed by atoms with Crippen LogP contribution in [0.1, 0.15) is 11.3 Å². The van der Waals surface area contributed by atoms with Crippen molar-refractivity contribution in [3.05, 3.63) is 61.6 Å². The maximum atomic E-state index is 12.8. The Balaban J connectivity index is 2.08. The minimum atomic E-state index is -0.974. The molecular weight excluding hydrogens is 325 g/mol. The molecule has 1 heterocycles. The minimum absolute atomic E-state index is 0.0939. The van der Waals surface area contributed by atoms with Crippen LogP contribution in [0.2, 0.25) is 0 Å². The Morgan fingerprint density at radius 3 is 2.38 bits per heavy atom. The van der Waals surface area contributed by atoms with E-state index in [1.807, 2.05) is 0 Å². The minimum Gasteiger partial charge on any atom is -0.358 e. The van der Waals surface area contributed by atoms with Crippen LogP contribution in [-0.2, 0) is 17.9 Å². The summed E-state index contributed by atoms with van der Waals surface area (Å²) >= 11 is 0. The second kappa shape index (κ2) is 6.81. The summed E-state index contributed by atoms with van der Waals surface area (Å²) in [6.45, 7) is 0.969. The van der Waals surface area contributed by atoms with Gasteiger partial charge in [0.25, 0.3) is 0 Å². The first-order valence-electron chi connectivity index (χ1n) is 6.67. The van der Waals surface area contributed by atoms with Crippen LogP contribution in [0.5, 0.6) is 0 Å². The molecular formula is C13H12FN5O5. The Bertz CT molecular complexity index is 802. The van der Waals surface area contributed by atoms with Gasteiger partial charge in [0.1, 0.15) is 18.1 Å². The first-order valence-corrected chi connectivity index (χ1v) is 6.67. The molecule has 1 aromatic carbocycles. The van der Waals surface area contributed by atoms with E-state index in [-0.39, 0.29) is 12.2 Å². The Morgan fingerprint density at radius 1 is 1.25 bits per heavy atom. The summed E-state index contributed by atoms with van der Waals surface area (Å²) in [6.07, 6.45) is 0. The van der Waals surface area contributed by atoms with Crippen molar-refractivity contribution in [2.45, 2.75) is 20.0 Å². The topological polar surface area (TPSA) is 133 Å². The summed E-state index contributed by atoms with van der Waals surface area (Å²) in [4.78, 5) is 31.7. The highest BCUT2D eigenvalue weighted by Gasteiger charge is 2.35. The third kappa shape index (κ3) is 3.69. The van der Waals surface area contributed by atoms with Gasteiger partial charge in [-0.3, -0.25) is 14.9 Å². The molecule has 24 heavy (non-hydrogen) atoms. The molecule has 10 nitrogen and oxygen atoms in total. The summed E-state index contributed by atoms with van der Waals surface area (Å²) in [5.74, 6) is -1.87. The monoisotopic (exact) mass is 337 g/mol. The second-order valence-corrected chi connectivity index (χ2v) is 4.83. The lowest BCUT2D eigenvalue weighted by atomic mass is 10.2. The third-order valence-corrected chi connectivity index (χ3v) is 3.21. The van der Waals surface area contributed by atoms with Crippen LogP contribution >= 0.6 is 0 Å². The smallest absolute Gasteiger partial charge is 0.358 e. The van der Waals surface area contributed by atoms with E-state index in [4.69, 9.17) is 0 Å². The Labute approximate surface area is 134 Å². The van der Waals surface area contributed by atoms with Gasteiger partial charge in [0.2, 0.25) is 5.91 Å². The molecule has 0 fully saturated rings. The summed E-state index contributed by atoms with van der Waals surface area (Å²) in [7, 11) is 0. The zero-order valence-corrected chi connectivity index (χ0v) is 12.4. The predicted molar refractivity (Wildman–Crippen MR) is 78.5 cm³/mol. The number of halogens is 1. The molecule has 0 atom stereocenters. The summed E-state index contributed by atoms with van der Waals surface area (Å²) < 4.78 is 13.7. The number of benzene rings is 1. The van der Waals surface area contributed by atoms with Crippen LogP contribution in [0.3, 0.4) is 0 Å². The fraction of sp³-hybridized carbons (Fsp3) is 0.231. The van der Waals surface area contributed by atoms with Gasteiger partial charge in [0.05, 0.1) is 10.0 Å². The Kier molecular flexibility index (Phi) is 4.82. The van der Waals surface area contributed by atoms with Gasteiger partial charge in [0.15, 0.2) is 0 Å². The molecule has 11 heteroatoms. The molecule has 1 N–H and O–H groups in total. The average molecular weight is 337 g/mol. The van der Waals surface area contributed by atoms with Gasteiger partial charge in [-0.2, -0.15) is 4.68 Å². The first-order chi connectivity index (χ1) is 11.3. The number of nitrogens with one attached hydrogen (secondary N) is 1. The van der Waals surface area contributed by atoms with Crippen LogP contribution in [-0.4, -0.2) is 25.5 Å². The molecule has 0 radical (unpaired) electrons. The van der Waals surface area contributed by atoms with Gasteiger partial charge < -0.3 is 15.4 Å². The quantitative estimate of drug-likeness (QED) is 0.626. The highest BCUT2D eigenvalue weighted by atomic mass is 19.1. The Hall–Kier alpha value is -3.37. The van der Waals surface area contributed by atoms with E-state index in [0.29, 0.717) is 5.56 Å². The van der Waals surface area contributed by atoms with Crippen LogP contribution in [0.25, 0.3) is 0 Å². The number of hydrogen-bond acceptors (Lipinski definition) is 6. The maximum absolute atomic E-state index is 12.8. The normalized spacial score (nSPS) is 10.4. The van der Waals surface area contributed by atoms with Gasteiger partial charge in [0, 0.05) is 6.54 Å². The first kappa shape index (κ1) is 17.0. The molecule has 0 aliphatic heterocycles. The second-order valence-electron chi connectivity index (χ2n) is 4.83. The number of hydrogen-bond donors (Lipinski definition) is 1. The molecule has 0 aliphatic rings. The fourth-order valence-corrected chi connectivity index (χ4v) is 2.01. The summed E-state index contributed by atoms with van der Waals surface area (Å²) in [5, 5.41) is 27.7. The van der Waals surface area contributed by atoms with E-state index in [9.17, 15) is 29.4 Å². The molecule has 1 amide bonds. The number of rotatable bonds is 6. The number of nitro groups is 2. The van der Waals surface area contributed by atoms with Crippen molar-refractivity contribution >= 4 is 17.4 Å². The van der Waals surface area contributed by atoms with Gasteiger partial charge in [-0.15, -0.1) is 0 Å². The van der Waals surface area contributed by atoms with E-state index >= 15 is 0 Å². The van der Waals surface area contributed by atoms with E-state index < -0.39 is 39.6 Å². The number of carbonyl (C=O) groups is 1. The zero-order chi connectivity index (χ0) is 17.9. The number of aromatic nitrogens is 2. The standard InChI is InChI=1S/C13H12FN5O5/c1-8-12(18(21)22)13(19(23)24)16-17(8)7-11(20)15-6-9-2-4-10(14)5-3-9/h2-5H,6-7H2,1H3,(H,15,20). The zero-order valence-electron chi connectivity index (χ0n) is 12.4. The van der Waals surface area contributed by atoms with Gasteiger partial charge in [-0.1, -0.05) is 12.1 Å². The van der Waals surface area contributed by atoms with E-state index in [1.165, 1.54) is 31.2 Å². The highest BCUT2D eigenvalue weighted by molar-refractivity contribution is 5.76.